The summed E-state index contributed by atoms with van der Waals surface area (Å²) >= 11 is 0. The minimum atomic E-state index is 1.17. The van der Waals surface area contributed by atoms with Gasteiger partial charge in [-0.25, -0.2) is 0 Å². The van der Waals surface area contributed by atoms with E-state index in [2.05, 4.69) is 97.0 Å². The maximum Gasteiger partial charge on any atom is 0.0559 e. The molecule has 2 heterocycles. The van der Waals surface area contributed by atoms with Gasteiger partial charge in [0.15, 0.2) is 0 Å². The van der Waals surface area contributed by atoms with E-state index < -0.39 is 0 Å². The van der Waals surface area contributed by atoms with Crippen molar-refractivity contribution in [1.29, 1.82) is 0 Å². The summed E-state index contributed by atoms with van der Waals surface area (Å²) in [6.45, 7) is 2.29. The molecule has 4 aromatic carbocycles. The lowest BCUT2D eigenvalue weighted by Crippen LogP contribution is -1.97. The molecule has 6 aromatic rings. The standard InChI is InChI=1S/C36H42N2/c1-4-5-6-7-8-9-10-11-12-13-14-28-25-27-16-18-32-30-19-21-33-31(17-15-26-23-24-37(2)35(26)33)29(30)20-22-34(32)36(27)38(28)3/h15-25H,4-14H2,1-3H3. The molecule has 0 radical (unpaired) electrons. The Kier molecular flexibility index (Phi) is 7.15. The third-order valence-electron chi connectivity index (χ3n) is 8.91. The first-order chi connectivity index (χ1) is 18.7. The normalized spacial score (nSPS) is 12.2. The molecule has 0 aliphatic rings. The number of aromatic nitrogens is 2. The second-order valence-corrected chi connectivity index (χ2v) is 11.5. The largest absolute Gasteiger partial charge is 0.350 e. The van der Waals surface area contributed by atoms with E-state index in [1.807, 2.05) is 0 Å². The monoisotopic (exact) mass is 502 g/mol. The highest BCUT2D eigenvalue weighted by molar-refractivity contribution is 6.24. The molecule has 0 amide bonds. The number of fused-ring (bicyclic) bond motifs is 9. The fourth-order valence-corrected chi connectivity index (χ4v) is 6.78. The third kappa shape index (κ3) is 4.49. The molecule has 196 valence electrons. The van der Waals surface area contributed by atoms with Gasteiger partial charge in [-0.05, 0) is 46.5 Å². The van der Waals surface area contributed by atoms with Crippen molar-refractivity contribution in [2.45, 2.75) is 77.6 Å². The lowest BCUT2D eigenvalue weighted by molar-refractivity contribution is 0.554. The van der Waals surface area contributed by atoms with E-state index in [-0.39, 0.29) is 0 Å². The number of rotatable bonds is 11. The number of hydrogen-bond acceptors (Lipinski definition) is 0. The van der Waals surface area contributed by atoms with Gasteiger partial charge >= 0.3 is 0 Å². The van der Waals surface area contributed by atoms with Crippen molar-refractivity contribution in [2.24, 2.45) is 14.1 Å². The smallest absolute Gasteiger partial charge is 0.0559 e. The highest BCUT2D eigenvalue weighted by Gasteiger charge is 2.13. The molecule has 0 saturated heterocycles. The van der Waals surface area contributed by atoms with Crippen LogP contribution in [0.3, 0.4) is 0 Å². The van der Waals surface area contributed by atoms with Crippen LogP contribution in [-0.4, -0.2) is 9.13 Å². The highest BCUT2D eigenvalue weighted by Crippen LogP contribution is 2.37. The molecule has 0 aliphatic heterocycles. The molecule has 2 heteroatoms. The first-order valence-electron chi connectivity index (χ1n) is 15.0. The lowest BCUT2D eigenvalue weighted by Gasteiger charge is -2.11. The van der Waals surface area contributed by atoms with Gasteiger partial charge in [0.05, 0.1) is 11.0 Å². The maximum atomic E-state index is 2.46. The summed E-state index contributed by atoms with van der Waals surface area (Å²) in [5.41, 5.74) is 4.17. The van der Waals surface area contributed by atoms with E-state index in [9.17, 15) is 0 Å². The van der Waals surface area contributed by atoms with Gasteiger partial charge in [-0.2, -0.15) is 0 Å². The van der Waals surface area contributed by atoms with E-state index in [1.165, 1.54) is 130 Å². The van der Waals surface area contributed by atoms with E-state index in [0.717, 1.165) is 0 Å². The van der Waals surface area contributed by atoms with E-state index in [0.29, 0.717) is 0 Å². The van der Waals surface area contributed by atoms with E-state index >= 15 is 0 Å². The molecule has 0 atom stereocenters. The molecule has 0 bridgehead atoms. The molecule has 2 aromatic heterocycles. The summed E-state index contributed by atoms with van der Waals surface area (Å²) < 4.78 is 4.71. The lowest BCUT2D eigenvalue weighted by atomic mass is 9.95. The SMILES string of the molecule is CCCCCCCCCCCCc1cc2ccc3c4ccc5c(ccc6ccn(C)c65)c4ccc3c2n1C. The zero-order valence-electron chi connectivity index (χ0n) is 23.5. The minimum Gasteiger partial charge on any atom is -0.350 e. The van der Waals surface area contributed by atoms with Crippen LogP contribution in [0.1, 0.15) is 76.8 Å². The summed E-state index contributed by atoms with van der Waals surface area (Å²) in [7, 11) is 4.41. The first kappa shape index (κ1) is 25.0. The number of benzene rings is 4. The summed E-state index contributed by atoms with van der Waals surface area (Å²) in [4.78, 5) is 0. The van der Waals surface area contributed by atoms with Gasteiger partial charge in [0.1, 0.15) is 0 Å². The van der Waals surface area contributed by atoms with Crippen LogP contribution in [0, 0.1) is 0 Å². The predicted molar refractivity (Wildman–Crippen MR) is 167 cm³/mol. The van der Waals surface area contributed by atoms with Crippen LogP contribution in [-0.2, 0) is 20.5 Å². The van der Waals surface area contributed by atoms with Crippen molar-refractivity contribution >= 4 is 54.1 Å². The Hall–Kier alpha value is -3.26. The average molecular weight is 503 g/mol. The van der Waals surface area contributed by atoms with E-state index in [1.54, 1.807) is 0 Å². The van der Waals surface area contributed by atoms with Crippen molar-refractivity contribution in [2.75, 3.05) is 0 Å². The van der Waals surface area contributed by atoms with Crippen LogP contribution in [0.25, 0.3) is 54.1 Å². The van der Waals surface area contributed by atoms with Crippen LogP contribution >= 0.6 is 0 Å². The second-order valence-electron chi connectivity index (χ2n) is 11.5. The highest BCUT2D eigenvalue weighted by atomic mass is 14.9. The molecule has 0 unspecified atom stereocenters. The Labute approximate surface area is 227 Å². The Bertz CT molecular complexity index is 1730. The zero-order chi connectivity index (χ0) is 26.1. The molecule has 0 aliphatic carbocycles. The molecule has 0 fully saturated rings. The van der Waals surface area contributed by atoms with Crippen molar-refractivity contribution in [1.82, 2.24) is 9.13 Å². The summed E-state index contributed by atoms with van der Waals surface area (Å²) in [5, 5.41) is 10.8. The Morgan fingerprint density at radius 3 is 1.66 bits per heavy atom. The fourth-order valence-electron chi connectivity index (χ4n) is 6.78. The average Bonchev–Trinajstić information content (AvgIpc) is 3.48. The van der Waals surface area contributed by atoms with Gasteiger partial charge in [-0.3, -0.25) is 0 Å². The number of unbranched alkanes of at least 4 members (excludes halogenated alkanes) is 9. The van der Waals surface area contributed by atoms with Crippen LogP contribution in [0.15, 0.2) is 66.9 Å². The van der Waals surface area contributed by atoms with Crippen LogP contribution in [0.5, 0.6) is 0 Å². The molecule has 6 rings (SSSR count). The van der Waals surface area contributed by atoms with Gasteiger partial charge < -0.3 is 9.13 Å². The summed E-state index contributed by atoms with van der Waals surface area (Å²) in [5.74, 6) is 0. The van der Waals surface area contributed by atoms with Gasteiger partial charge in [-0.1, -0.05) is 113 Å². The van der Waals surface area contributed by atoms with Crippen LogP contribution < -0.4 is 0 Å². The third-order valence-corrected chi connectivity index (χ3v) is 8.91. The van der Waals surface area contributed by atoms with Crippen LogP contribution in [0.2, 0.25) is 0 Å². The molecule has 0 spiro atoms. The molecule has 0 N–H and O–H groups in total. The predicted octanol–water partition coefficient (Wildman–Crippen LogP) is 10.6. The molecule has 0 saturated carbocycles. The summed E-state index contributed by atoms with van der Waals surface area (Å²) in [6.07, 6.45) is 17.2. The van der Waals surface area contributed by atoms with Crippen LogP contribution in [0.4, 0.5) is 0 Å². The van der Waals surface area contributed by atoms with Crippen molar-refractivity contribution in [3.05, 3.63) is 72.6 Å². The number of hydrogen-bond donors (Lipinski definition) is 0. The Morgan fingerprint density at radius 2 is 1.00 bits per heavy atom. The maximum absolute atomic E-state index is 2.46. The first-order valence-corrected chi connectivity index (χ1v) is 15.0. The van der Waals surface area contributed by atoms with E-state index in [4.69, 9.17) is 0 Å². The fraction of sp³-hybridized carbons (Fsp3) is 0.389. The Morgan fingerprint density at radius 1 is 0.500 bits per heavy atom. The van der Waals surface area contributed by atoms with Crippen molar-refractivity contribution in [3.8, 4) is 0 Å². The molecular formula is C36H42N2. The molecule has 2 nitrogen and oxygen atoms in total. The number of nitrogens with zero attached hydrogens (tertiary/aromatic N) is 2. The van der Waals surface area contributed by atoms with Gasteiger partial charge in [0, 0.05) is 47.5 Å². The summed E-state index contributed by atoms with van der Waals surface area (Å²) in [6, 6.07) is 23.3. The Balaban J connectivity index is 1.23. The van der Waals surface area contributed by atoms with Gasteiger partial charge in [-0.15, -0.1) is 0 Å². The quantitative estimate of drug-likeness (QED) is 0.123. The second kappa shape index (κ2) is 10.8. The number of aryl methyl sites for hydroxylation is 3. The topological polar surface area (TPSA) is 9.86 Å². The molecule has 38 heavy (non-hydrogen) atoms. The molecular weight excluding hydrogens is 460 g/mol. The zero-order valence-corrected chi connectivity index (χ0v) is 23.5. The van der Waals surface area contributed by atoms with Gasteiger partial charge in [0.2, 0.25) is 0 Å². The van der Waals surface area contributed by atoms with Crippen molar-refractivity contribution < 1.29 is 0 Å². The van der Waals surface area contributed by atoms with Gasteiger partial charge in [0.25, 0.3) is 0 Å². The van der Waals surface area contributed by atoms with Crippen molar-refractivity contribution in [3.63, 3.8) is 0 Å². The minimum absolute atomic E-state index is 1.17.